The molecule has 0 spiro atoms. The quantitative estimate of drug-likeness (QED) is 0.816. The first-order chi connectivity index (χ1) is 8.20. The van der Waals surface area contributed by atoms with Crippen molar-refractivity contribution in [3.8, 4) is 0 Å². The number of rotatable bonds is 5. The molecule has 0 amide bonds. The Bertz CT molecular complexity index is 377. The molecule has 18 heavy (non-hydrogen) atoms. The predicted octanol–water partition coefficient (Wildman–Crippen LogP) is 4.69. The van der Waals surface area contributed by atoms with E-state index in [1.807, 2.05) is 12.1 Å². The summed E-state index contributed by atoms with van der Waals surface area (Å²) >= 11 is 6.22. The van der Waals surface area contributed by atoms with Gasteiger partial charge in [-0.3, -0.25) is 0 Å². The van der Waals surface area contributed by atoms with Crippen LogP contribution in [0.25, 0.3) is 0 Å². The smallest absolute Gasteiger partial charge is 0.0438 e. The Morgan fingerprint density at radius 3 is 2.22 bits per heavy atom. The molecule has 0 radical (unpaired) electrons. The van der Waals surface area contributed by atoms with E-state index in [1.54, 1.807) is 0 Å². The lowest BCUT2D eigenvalue weighted by Gasteiger charge is -2.28. The number of halogens is 1. The van der Waals surface area contributed by atoms with Crippen LogP contribution in [0.3, 0.4) is 0 Å². The Morgan fingerprint density at radius 2 is 1.67 bits per heavy atom. The third-order valence-corrected chi connectivity index (χ3v) is 3.45. The molecule has 1 aromatic rings. The van der Waals surface area contributed by atoms with Gasteiger partial charge >= 0.3 is 0 Å². The van der Waals surface area contributed by atoms with Gasteiger partial charge in [-0.2, -0.15) is 0 Å². The zero-order valence-corrected chi connectivity index (χ0v) is 13.1. The lowest BCUT2D eigenvalue weighted by atomic mass is 9.82. The highest BCUT2D eigenvalue weighted by molar-refractivity contribution is 6.31. The van der Waals surface area contributed by atoms with E-state index >= 15 is 0 Å². The third kappa shape index (κ3) is 5.88. The molecule has 1 nitrogen and oxygen atoms in total. The predicted molar refractivity (Wildman–Crippen MR) is 81.3 cm³/mol. The first kappa shape index (κ1) is 15.5. The number of benzene rings is 1. The molecule has 1 N–H and O–H groups in total. The first-order valence-corrected chi connectivity index (χ1v) is 7.06. The zero-order chi connectivity index (χ0) is 13.8. The van der Waals surface area contributed by atoms with E-state index in [2.05, 4.69) is 52.1 Å². The van der Waals surface area contributed by atoms with Gasteiger partial charge in [-0.05, 0) is 57.2 Å². The number of nitrogens with one attached hydrogen (secondary N) is 1. The molecule has 0 atom stereocenters. The van der Waals surface area contributed by atoms with E-state index in [0.717, 1.165) is 24.4 Å². The van der Waals surface area contributed by atoms with Gasteiger partial charge in [-0.1, -0.05) is 43.6 Å². The molecule has 0 aliphatic heterocycles. The van der Waals surface area contributed by atoms with Crippen LogP contribution in [0.4, 0.5) is 0 Å². The fraction of sp³-hybridized carbons (Fsp3) is 0.625. The molecule has 0 bridgehead atoms. The van der Waals surface area contributed by atoms with Crippen LogP contribution in [-0.2, 0) is 6.42 Å². The van der Waals surface area contributed by atoms with Gasteiger partial charge in [0.05, 0.1) is 0 Å². The van der Waals surface area contributed by atoms with Crippen LogP contribution in [0, 0.1) is 5.41 Å². The van der Waals surface area contributed by atoms with Crippen molar-refractivity contribution in [1.82, 2.24) is 5.32 Å². The molecule has 0 heterocycles. The Morgan fingerprint density at radius 1 is 1.06 bits per heavy atom. The summed E-state index contributed by atoms with van der Waals surface area (Å²) in [6.07, 6.45) is 2.17. The van der Waals surface area contributed by atoms with Crippen LogP contribution in [0.15, 0.2) is 24.3 Å². The minimum absolute atomic E-state index is 0.195. The molecule has 0 aliphatic carbocycles. The summed E-state index contributed by atoms with van der Waals surface area (Å²) in [5.41, 5.74) is 1.71. The van der Waals surface area contributed by atoms with Crippen LogP contribution >= 0.6 is 11.6 Å². The maximum atomic E-state index is 6.22. The van der Waals surface area contributed by atoms with Gasteiger partial charge < -0.3 is 5.32 Å². The summed E-state index contributed by atoms with van der Waals surface area (Å²) < 4.78 is 0. The summed E-state index contributed by atoms with van der Waals surface area (Å²) in [7, 11) is 0. The average Bonchev–Trinajstić information content (AvgIpc) is 2.18. The zero-order valence-electron chi connectivity index (χ0n) is 12.3. The van der Waals surface area contributed by atoms with E-state index in [4.69, 9.17) is 11.6 Å². The molecular weight excluding hydrogens is 242 g/mol. The third-order valence-electron chi connectivity index (χ3n) is 3.08. The molecule has 0 saturated heterocycles. The van der Waals surface area contributed by atoms with Crippen molar-refractivity contribution in [3.05, 3.63) is 34.9 Å². The highest BCUT2D eigenvalue weighted by atomic mass is 35.5. The molecule has 1 aromatic carbocycles. The van der Waals surface area contributed by atoms with Crippen LogP contribution in [0.2, 0.25) is 5.02 Å². The second-order valence-corrected chi connectivity index (χ2v) is 7.27. The molecule has 0 aromatic heterocycles. The first-order valence-electron chi connectivity index (χ1n) is 6.68. The van der Waals surface area contributed by atoms with Crippen molar-refractivity contribution in [2.75, 3.05) is 6.54 Å². The Labute approximate surface area is 117 Å². The Hall–Kier alpha value is -0.530. The summed E-state index contributed by atoms with van der Waals surface area (Å²) in [6.45, 7) is 12.3. The van der Waals surface area contributed by atoms with Gasteiger partial charge in [-0.15, -0.1) is 0 Å². The van der Waals surface area contributed by atoms with E-state index in [9.17, 15) is 0 Å². The molecule has 102 valence electrons. The SMILES string of the molecule is CC(C)(CCNC(C)(C)C)Cc1ccccc1Cl. The van der Waals surface area contributed by atoms with Crippen molar-refractivity contribution in [2.24, 2.45) is 5.41 Å². The lowest BCUT2D eigenvalue weighted by molar-refractivity contribution is 0.302. The fourth-order valence-electron chi connectivity index (χ4n) is 2.02. The fourth-order valence-corrected chi connectivity index (χ4v) is 2.22. The topological polar surface area (TPSA) is 12.0 Å². The molecule has 1 rings (SSSR count). The van der Waals surface area contributed by atoms with Gasteiger partial charge in [0.2, 0.25) is 0 Å². The summed E-state index contributed by atoms with van der Waals surface area (Å²) in [5.74, 6) is 0. The van der Waals surface area contributed by atoms with E-state index < -0.39 is 0 Å². The maximum absolute atomic E-state index is 6.22. The largest absolute Gasteiger partial charge is 0.312 e. The molecule has 0 aliphatic rings. The second-order valence-electron chi connectivity index (χ2n) is 6.86. The summed E-state index contributed by atoms with van der Waals surface area (Å²) in [5, 5.41) is 4.43. The second kappa shape index (κ2) is 6.08. The van der Waals surface area contributed by atoms with Crippen molar-refractivity contribution in [2.45, 2.75) is 53.0 Å². The van der Waals surface area contributed by atoms with Crippen molar-refractivity contribution >= 4 is 11.6 Å². The van der Waals surface area contributed by atoms with Gasteiger partial charge in [0.15, 0.2) is 0 Å². The highest BCUT2D eigenvalue weighted by Crippen LogP contribution is 2.29. The normalized spacial score (nSPS) is 12.8. The minimum Gasteiger partial charge on any atom is -0.312 e. The highest BCUT2D eigenvalue weighted by Gasteiger charge is 2.20. The Balaban J connectivity index is 2.52. The van der Waals surface area contributed by atoms with Crippen molar-refractivity contribution < 1.29 is 0 Å². The number of hydrogen-bond donors (Lipinski definition) is 1. The molecule has 0 saturated carbocycles. The number of hydrogen-bond acceptors (Lipinski definition) is 1. The van der Waals surface area contributed by atoms with Gasteiger partial charge in [0, 0.05) is 10.6 Å². The van der Waals surface area contributed by atoms with Crippen LogP contribution in [0.5, 0.6) is 0 Å². The summed E-state index contributed by atoms with van der Waals surface area (Å²) in [6, 6.07) is 8.15. The lowest BCUT2D eigenvalue weighted by Crippen LogP contribution is -2.38. The minimum atomic E-state index is 0.195. The van der Waals surface area contributed by atoms with Gasteiger partial charge in [-0.25, -0.2) is 0 Å². The molecular formula is C16H26ClN. The van der Waals surface area contributed by atoms with Gasteiger partial charge in [0.1, 0.15) is 0 Å². The van der Waals surface area contributed by atoms with E-state index in [1.165, 1.54) is 5.56 Å². The molecule has 2 heteroatoms. The van der Waals surface area contributed by atoms with E-state index in [-0.39, 0.29) is 11.0 Å². The van der Waals surface area contributed by atoms with Crippen LogP contribution in [-0.4, -0.2) is 12.1 Å². The standard InChI is InChI=1S/C16H26ClN/c1-15(2,3)18-11-10-16(4,5)12-13-8-6-7-9-14(13)17/h6-9,18H,10-12H2,1-5H3. The Kier molecular flexibility index (Phi) is 5.24. The van der Waals surface area contributed by atoms with E-state index in [0.29, 0.717) is 0 Å². The van der Waals surface area contributed by atoms with Crippen molar-refractivity contribution in [3.63, 3.8) is 0 Å². The maximum Gasteiger partial charge on any atom is 0.0438 e. The molecule has 0 unspecified atom stereocenters. The average molecular weight is 268 g/mol. The summed E-state index contributed by atoms with van der Waals surface area (Å²) in [4.78, 5) is 0. The van der Waals surface area contributed by atoms with Crippen LogP contribution < -0.4 is 5.32 Å². The monoisotopic (exact) mass is 267 g/mol. The van der Waals surface area contributed by atoms with Crippen LogP contribution in [0.1, 0.15) is 46.6 Å². The van der Waals surface area contributed by atoms with Crippen molar-refractivity contribution in [1.29, 1.82) is 0 Å². The molecule has 0 fully saturated rings. The van der Waals surface area contributed by atoms with Gasteiger partial charge in [0.25, 0.3) is 0 Å².